The van der Waals surface area contributed by atoms with E-state index >= 15 is 0 Å². The Morgan fingerprint density at radius 1 is 1.35 bits per heavy atom. The maximum absolute atomic E-state index is 13.7. The fourth-order valence-corrected chi connectivity index (χ4v) is 1.91. The molecule has 96 valence electrons. The number of benzene rings is 1. The van der Waals surface area contributed by atoms with Crippen molar-refractivity contribution < 1.29 is 13.9 Å². The third kappa shape index (κ3) is 3.41. The Bertz CT molecular complexity index is 369. The second kappa shape index (κ2) is 6.57. The van der Waals surface area contributed by atoms with Crippen molar-refractivity contribution in [3.8, 4) is 5.75 Å². The van der Waals surface area contributed by atoms with Gasteiger partial charge in [0.1, 0.15) is 0 Å². The van der Waals surface area contributed by atoms with Crippen LogP contribution in [0.25, 0.3) is 0 Å². The van der Waals surface area contributed by atoms with Crippen molar-refractivity contribution in [3.63, 3.8) is 0 Å². The van der Waals surface area contributed by atoms with Crippen LogP contribution in [0.15, 0.2) is 12.1 Å². The molecule has 2 N–H and O–H groups in total. The molecule has 4 heteroatoms. The van der Waals surface area contributed by atoms with E-state index in [2.05, 4.69) is 0 Å². The highest BCUT2D eigenvalue weighted by Gasteiger charge is 2.15. The molecule has 0 saturated heterocycles. The Kier molecular flexibility index (Phi) is 5.38. The maximum Gasteiger partial charge on any atom is 0.165 e. The highest BCUT2D eigenvalue weighted by Crippen LogP contribution is 2.29. The number of ether oxygens (including phenoxy) is 2. The molecule has 0 saturated carbocycles. The molecule has 0 aliphatic carbocycles. The molecule has 0 bridgehead atoms. The third-order valence-electron chi connectivity index (χ3n) is 2.84. The van der Waals surface area contributed by atoms with E-state index in [1.165, 1.54) is 13.2 Å². The van der Waals surface area contributed by atoms with Gasteiger partial charge in [-0.15, -0.1) is 0 Å². The van der Waals surface area contributed by atoms with Gasteiger partial charge in [0.15, 0.2) is 11.6 Å². The van der Waals surface area contributed by atoms with Gasteiger partial charge in [0, 0.05) is 7.11 Å². The molecule has 1 aromatic rings. The summed E-state index contributed by atoms with van der Waals surface area (Å²) in [6.45, 7) is 3.06. The monoisotopic (exact) mass is 241 g/mol. The number of nitrogens with two attached hydrogens (primary N) is 1. The summed E-state index contributed by atoms with van der Waals surface area (Å²) in [5.41, 5.74) is 7.43. The van der Waals surface area contributed by atoms with Gasteiger partial charge >= 0.3 is 0 Å². The Morgan fingerprint density at radius 3 is 2.59 bits per heavy atom. The number of halogens is 1. The Labute approximate surface area is 102 Å². The van der Waals surface area contributed by atoms with Crippen LogP contribution in [0.3, 0.4) is 0 Å². The minimum absolute atomic E-state index is 0.213. The first-order valence-corrected chi connectivity index (χ1v) is 5.69. The highest BCUT2D eigenvalue weighted by molar-refractivity contribution is 5.38. The number of hydrogen-bond acceptors (Lipinski definition) is 3. The quantitative estimate of drug-likeness (QED) is 0.832. The third-order valence-corrected chi connectivity index (χ3v) is 2.84. The number of rotatable bonds is 6. The predicted octanol–water partition coefficient (Wildman–Crippen LogP) is 2.43. The zero-order valence-corrected chi connectivity index (χ0v) is 10.6. The fraction of sp³-hybridized carbons (Fsp3) is 0.538. The van der Waals surface area contributed by atoms with Crippen molar-refractivity contribution in [1.29, 1.82) is 0 Å². The Hall–Kier alpha value is -1.13. The molecule has 0 aliphatic heterocycles. The highest BCUT2D eigenvalue weighted by atomic mass is 19.1. The molecule has 1 rings (SSSR count). The molecule has 1 unspecified atom stereocenters. The van der Waals surface area contributed by atoms with E-state index in [-0.39, 0.29) is 17.5 Å². The first-order valence-electron chi connectivity index (χ1n) is 5.69. The van der Waals surface area contributed by atoms with Crippen molar-refractivity contribution >= 4 is 0 Å². The van der Waals surface area contributed by atoms with E-state index in [0.29, 0.717) is 13.2 Å². The van der Waals surface area contributed by atoms with Gasteiger partial charge < -0.3 is 15.2 Å². The lowest BCUT2D eigenvalue weighted by molar-refractivity contribution is 0.183. The summed E-state index contributed by atoms with van der Waals surface area (Å²) in [7, 11) is 3.07. The van der Waals surface area contributed by atoms with Crippen LogP contribution in [-0.4, -0.2) is 20.8 Å². The van der Waals surface area contributed by atoms with Crippen LogP contribution in [0.2, 0.25) is 0 Å². The van der Waals surface area contributed by atoms with Crippen molar-refractivity contribution in [3.05, 3.63) is 29.1 Å². The van der Waals surface area contributed by atoms with E-state index < -0.39 is 0 Å². The molecule has 3 nitrogen and oxygen atoms in total. The lowest BCUT2D eigenvalue weighted by Gasteiger charge is -2.17. The van der Waals surface area contributed by atoms with E-state index in [1.54, 1.807) is 13.2 Å². The summed E-state index contributed by atoms with van der Waals surface area (Å²) in [6.07, 6.45) is 0.822. The predicted molar refractivity (Wildman–Crippen MR) is 65.8 cm³/mol. The first-order chi connectivity index (χ1) is 8.13. The smallest absolute Gasteiger partial charge is 0.165 e. The average molecular weight is 241 g/mol. The molecule has 17 heavy (non-hydrogen) atoms. The maximum atomic E-state index is 13.7. The molecule has 1 atom stereocenters. The van der Waals surface area contributed by atoms with Crippen LogP contribution in [0.4, 0.5) is 4.39 Å². The summed E-state index contributed by atoms with van der Waals surface area (Å²) < 4.78 is 23.8. The Balaban J connectivity index is 3.12. The van der Waals surface area contributed by atoms with Crippen LogP contribution < -0.4 is 10.5 Å². The summed E-state index contributed by atoms with van der Waals surface area (Å²) in [4.78, 5) is 0. The standard InChI is InChI=1S/C13H20FNO2/c1-9(4-5-15)11-7-12(14)13(17-3)6-10(11)8-16-2/h6-7,9H,4-5,8,15H2,1-3H3. The molecule has 0 heterocycles. The van der Waals surface area contributed by atoms with Gasteiger partial charge in [-0.2, -0.15) is 0 Å². The van der Waals surface area contributed by atoms with Crippen molar-refractivity contribution in [1.82, 2.24) is 0 Å². The van der Waals surface area contributed by atoms with Crippen molar-refractivity contribution in [2.24, 2.45) is 5.73 Å². The zero-order chi connectivity index (χ0) is 12.8. The topological polar surface area (TPSA) is 44.5 Å². The van der Waals surface area contributed by atoms with Gasteiger partial charge in [-0.25, -0.2) is 4.39 Å². The van der Waals surface area contributed by atoms with Crippen LogP contribution in [0, 0.1) is 5.82 Å². The molecular weight excluding hydrogens is 221 g/mol. The van der Waals surface area contributed by atoms with Gasteiger partial charge in [-0.1, -0.05) is 6.92 Å². The minimum atomic E-state index is -0.341. The van der Waals surface area contributed by atoms with Crippen LogP contribution in [0.5, 0.6) is 5.75 Å². The minimum Gasteiger partial charge on any atom is -0.494 e. The van der Waals surface area contributed by atoms with Crippen LogP contribution in [-0.2, 0) is 11.3 Å². The van der Waals surface area contributed by atoms with E-state index in [1.807, 2.05) is 6.92 Å². The van der Waals surface area contributed by atoms with E-state index in [9.17, 15) is 4.39 Å². The summed E-state index contributed by atoms with van der Waals surface area (Å²) in [5, 5.41) is 0. The molecule has 0 radical (unpaired) electrons. The van der Waals surface area contributed by atoms with E-state index in [0.717, 1.165) is 17.5 Å². The molecule has 0 amide bonds. The fourth-order valence-electron chi connectivity index (χ4n) is 1.91. The van der Waals surface area contributed by atoms with Crippen molar-refractivity contribution in [2.75, 3.05) is 20.8 Å². The molecule has 1 aromatic carbocycles. The lowest BCUT2D eigenvalue weighted by Crippen LogP contribution is -2.08. The van der Waals surface area contributed by atoms with Gasteiger partial charge in [-0.05, 0) is 42.1 Å². The normalized spacial score (nSPS) is 12.5. The van der Waals surface area contributed by atoms with Gasteiger partial charge in [0.05, 0.1) is 13.7 Å². The van der Waals surface area contributed by atoms with Crippen LogP contribution >= 0.6 is 0 Å². The van der Waals surface area contributed by atoms with E-state index in [4.69, 9.17) is 15.2 Å². The SMILES string of the molecule is COCc1cc(OC)c(F)cc1C(C)CCN. The lowest BCUT2D eigenvalue weighted by atomic mass is 9.93. The Morgan fingerprint density at radius 2 is 2.06 bits per heavy atom. The van der Waals surface area contributed by atoms with Crippen molar-refractivity contribution in [2.45, 2.75) is 25.9 Å². The van der Waals surface area contributed by atoms with Gasteiger partial charge in [0.2, 0.25) is 0 Å². The molecule has 0 fully saturated rings. The summed E-state index contributed by atoms with van der Waals surface area (Å²) >= 11 is 0. The number of methoxy groups -OCH3 is 2. The summed E-state index contributed by atoms with van der Waals surface area (Å²) in [5.74, 6) is 0.123. The average Bonchev–Trinajstić information content (AvgIpc) is 2.31. The molecule has 0 aliphatic rings. The molecular formula is C13H20FNO2. The molecule has 0 spiro atoms. The second-order valence-electron chi connectivity index (χ2n) is 4.10. The second-order valence-corrected chi connectivity index (χ2v) is 4.10. The first kappa shape index (κ1) is 13.9. The summed E-state index contributed by atoms with van der Waals surface area (Å²) in [6, 6.07) is 3.22. The van der Waals surface area contributed by atoms with Gasteiger partial charge in [0.25, 0.3) is 0 Å². The van der Waals surface area contributed by atoms with Crippen LogP contribution in [0.1, 0.15) is 30.4 Å². The van der Waals surface area contributed by atoms with Gasteiger partial charge in [-0.3, -0.25) is 0 Å². The zero-order valence-electron chi connectivity index (χ0n) is 10.6. The largest absolute Gasteiger partial charge is 0.494 e. The molecule has 0 aromatic heterocycles. The number of hydrogen-bond donors (Lipinski definition) is 1.